The second kappa shape index (κ2) is 13.4. The summed E-state index contributed by atoms with van der Waals surface area (Å²) >= 11 is 0. The first-order chi connectivity index (χ1) is 23.8. The number of fused-ring (bicyclic) bond motifs is 1. The van der Waals surface area contributed by atoms with Gasteiger partial charge in [-0.25, -0.2) is 4.79 Å². The summed E-state index contributed by atoms with van der Waals surface area (Å²) < 4.78 is 6.34. The van der Waals surface area contributed by atoms with Gasteiger partial charge in [-0.2, -0.15) is 15.0 Å². The molecular formula is C37H36N8O4. The van der Waals surface area contributed by atoms with Crippen LogP contribution < -0.4 is 10.7 Å². The van der Waals surface area contributed by atoms with Crippen molar-refractivity contribution < 1.29 is 14.0 Å². The van der Waals surface area contributed by atoms with Gasteiger partial charge in [-0.15, -0.1) is 5.10 Å². The molecule has 49 heavy (non-hydrogen) atoms. The molecule has 12 nitrogen and oxygen atoms in total. The number of aromatic nitrogens is 4. The largest absolute Gasteiger partial charge is 0.437 e. The number of hydrogen-bond acceptors (Lipinski definition) is 8. The molecule has 0 spiro atoms. The van der Waals surface area contributed by atoms with Gasteiger partial charge in [-0.1, -0.05) is 30.3 Å². The van der Waals surface area contributed by atoms with Gasteiger partial charge in [0.25, 0.3) is 0 Å². The second-order valence-electron chi connectivity index (χ2n) is 12.5. The molecule has 1 N–H and O–H groups in total. The summed E-state index contributed by atoms with van der Waals surface area (Å²) in [5, 5.41) is 21.8. The number of anilines is 1. The van der Waals surface area contributed by atoms with Crippen LogP contribution in [0.1, 0.15) is 30.9 Å². The highest BCUT2D eigenvalue weighted by atomic mass is 16.4. The Morgan fingerprint density at radius 2 is 1.80 bits per heavy atom. The Bertz CT molecular complexity index is 2150. The Balaban J connectivity index is 0.956. The lowest BCUT2D eigenvalue weighted by atomic mass is 9.98. The Kier molecular flexibility index (Phi) is 8.67. The average Bonchev–Trinajstić information content (AvgIpc) is 3.87. The maximum atomic E-state index is 13.8. The summed E-state index contributed by atoms with van der Waals surface area (Å²) in [5.41, 5.74) is 6.87. The zero-order valence-electron chi connectivity index (χ0n) is 27.4. The van der Waals surface area contributed by atoms with Crippen molar-refractivity contribution in [2.75, 3.05) is 44.2 Å². The molecule has 7 rings (SSSR count). The molecule has 5 aromatic rings. The van der Waals surface area contributed by atoms with E-state index in [-0.39, 0.29) is 30.2 Å². The number of nitrogens with one attached hydrogen (secondary N) is 1. The lowest BCUT2D eigenvalue weighted by molar-refractivity contribution is -0.132. The standard InChI is InChI=1S/C37H36N8O4/c1-3-45(30-12-13-32-31(20-30)34(40-39-32)27-6-4-24(21-38)5-7-27)36(47)29-14-17-43(22-29)23-33(46)44-18-15-26(16-19-44)25-8-10-28(11-9-25)35-41-42(2)37(48)49-35/h4-13,15,20,29H,3,14,16-19,22-23H2,1-2H3,(H,39,40)/t29-/m1/s1. The van der Waals surface area contributed by atoms with Crippen LogP contribution in [0.2, 0.25) is 0 Å². The van der Waals surface area contributed by atoms with Gasteiger partial charge < -0.3 is 14.2 Å². The molecule has 2 amide bonds. The van der Waals surface area contributed by atoms with Gasteiger partial charge >= 0.3 is 5.76 Å². The topological polar surface area (TPSA) is 144 Å². The van der Waals surface area contributed by atoms with E-state index in [0.29, 0.717) is 44.7 Å². The average molecular weight is 657 g/mol. The quantitative estimate of drug-likeness (QED) is 0.258. The fourth-order valence-electron chi connectivity index (χ4n) is 6.70. The van der Waals surface area contributed by atoms with Crippen molar-refractivity contribution in [3.05, 3.63) is 94.5 Å². The number of aryl methyl sites for hydroxylation is 1. The van der Waals surface area contributed by atoms with E-state index in [1.54, 1.807) is 19.2 Å². The van der Waals surface area contributed by atoms with Gasteiger partial charge in [0, 0.05) is 55.4 Å². The zero-order chi connectivity index (χ0) is 34.1. The monoisotopic (exact) mass is 656 g/mol. The molecule has 1 saturated heterocycles. The lowest BCUT2D eigenvalue weighted by Crippen LogP contribution is -2.42. The molecule has 2 aromatic heterocycles. The summed E-state index contributed by atoms with van der Waals surface area (Å²) in [5.74, 6) is -0.288. The number of nitrogens with zero attached hydrogens (tertiary/aromatic N) is 7. The molecule has 4 heterocycles. The van der Waals surface area contributed by atoms with E-state index in [9.17, 15) is 14.4 Å². The number of benzene rings is 3. The number of aromatic amines is 1. The van der Waals surface area contributed by atoms with Gasteiger partial charge in [-0.05, 0) is 79.9 Å². The van der Waals surface area contributed by atoms with Gasteiger partial charge in [0.1, 0.15) is 0 Å². The molecule has 3 aromatic carbocycles. The Morgan fingerprint density at radius 3 is 2.47 bits per heavy atom. The van der Waals surface area contributed by atoms with Crippen molar-refractivity contribution in [3.63, 3.8) is 0 Å². The highest BCUT2D eigenvalue weighted by molar-refractivity contribution is 6.00. The first-order valence-electron chi connectivity index (χ1n) is 16.5. The van der Waals surface area contributed by atoms with Crippen LogP contribution >= 0.6 is 0 Å². The lowest BCUT2D eigenvalue weighted by Gasteiger charge is -2.29. The number of carbonyl (C=O) groups is 2. The maximum Gasteiger partial charge on any atom is 0.437 e. The minimum Gasteiger partial charge on any atom is -0.388 e. The number of carbonyl (C=O) groups excluding carboxylic acids is 2. The van der Waals surface area contributed by atoms with Crippen molar-refractivity contribution in [1.29, 1.82) is 5.26 Å². The zero-order valence-corrected chi connectivity index (χ0v) is 27.4. The van der Waals surface area contributed by atoms with Crippen LogP contribution in [0.3, 0.4) is 0 Å². The molecular weight excluding hydrogens is 620 g/mol. The predicted octanol–water partition coefficient (Wildman–Crippen LogP) is 4.45. The van der Waals surface area contributed by atoms with E-state index in [4.69, 9.17) is 9.68 Å². The Morgan fingerprint density at radius 1 is 1.04 bits per heavy atom. The minimum absolute atomic E-state index is 0.0574. The van der Waals surface area contributed by atoms with Crippen molar-refractivity contribution in [2.45, 2.75) is 19.8 Å². The van der Waals surface area contributed by atoms with Crippen LogP contribution in [-0.2, 0) is 16.6 Å². The Labute approximate surface area is 282 Å². The van der Waals surface area contributed by atoms with Crippen molar-refractivity contribution in [2.24, 2.45) is 13.0 Å². The molecule has 0 radical (unpaired) electrons. The summed E-state index contributed by atoms with van der Waals surface area (Å²) in [6, 6.07) is 23.0. The molecule has 2 aliphatic rings. The first kappa shape index (κ1) is 31.8. The van der Waals surface area contributed by atoms with Crippen LogP contribution in [0.25, 0.3) is 39.2 Å². The number of hydrogen-bond donors (Lipinski definition) is 1. The third-order valence-electron chi connectivity index (χ3n) is 9.46. The molecule has 0 bridgehead atoms. The maximum absolute atomic E-state index is 13.8. The number of likely N-dealkylation sites (tertiary alicyclic amines) is 1. The minimum atomic E-state index is -0.502. The van der Waals surface area contributed by atoms with Crippen LogP contribution in [-0.4, -0.2) is 80.9 Å². The third kappa shape index (κ3) is 6.40. The molecule has 0 unspecified atom stereocenters. The van der Waals surface area contributed by atoms with E-state index >= 15 is 0 Å². The van der Waals surface area contributed by atoms with Crippen LogP contribution in [0, 0.1) is 17.2 Å². The summed E-state index contributed by atoms with van der Waals surface area (Å²) in [6.07, 6.45) is 3.54. The molecule has 0 saturated carbocycles. The second-order valence-corrected chi connectivity index (χ2v) is 12.5. The third-order valence-corrected chi connectivity index (χ3v) is 9.46. The Hall–Kier alpha value is -5.80. The summed E-state index contributed by atoms with van der Waals surface area (Å²) in [4.78, 5) is 44.5. The molecule has 12 heteroatoms. The SMILES string of the molecule is CCN(C(=O)[C@@H]1CCN(CC(=O)N2CC=C(c3ccc(-c4nn(C)c(=O)o4)cc3)CC2)C1)c1ccc2[nH]nc(-c3ccc(C#N)cc3)c2c1. The highest BCUT2D eigenvalue weighted by Crippen LogP contribution is 2.32. The number of nitriles is 1. The molecule has 1 atom stereocenters. The van der Waals surface area contributed by atoms with Crippen molar-refractivity contribution >= 4 is 34.0 Å². The molecule has 0 aliphatic carbocycles. The fraction of sp³-hybridized carbons (Fsp3) is 0.297. The van der Waals surface area contributed by atoms with E-state index in [1.807, 2.05) is 71.3 Å². The van der Waals surface area contributed by atoms with Gasteiger partial charge in [0.15, 0.2) is 0 Å². The number of rotatable bonds is 8. The van der Waals surface area contributed by atoms with Crippen molar-refractivity contribution in [1.82, 2.24) is 29.8 Å². The normalized spacial score (nSPS) is 16.5. The number of amides is 2. The van der Waals surface area contributed by atoms with Crippen molar-refractivity contribution in [3.8, 4) is 28.8 Å². The molecule has 248 valence electrons. The van der Waals surface area contributed by atoms with Crippen LogP contribution in [0.4, 0.5) is 5.69 Å². The van der Waals surface area contributed by atoms with Gasteiger partial charge in [0.05, 0.1) is 35.3 Å². The molecule has 1 fully saturated rings. The van der Waals surface area contributed by atoms with Gasteiger partial charge in [-0.3, -0.25) is 19.6 Å². The smallest absolute Gasteiger partial charge is 0.388 e. The van der Waals surface area contributed by atoms with Crippen LogP contribution in [0.5, 0.6) is 0 Å². The highest BCUT2D eigenvalue weighted by Gasteiger charge is 2.33. The fourth-order valence-corrected chi connectivity index (χ4v) is 6.70. The first-order valence-corrected chi connectivity index (χ1v) is 16.5. The summed E-state index contributed by atoms with van der Waals surface area (Å²) in [6.45, 7) is 5.19. The van der Waals surface area contributed by atoms with E-state index in [1.165, 1.54) is 5.57 Å². The number of H-pyrrole nitrogens is 1. The van der Waals surface area contributed by atoms with E-state index in [0.717, 1.165) is 50.1 Å². The predicted molar refractivity (Wildman–Crippen MR) is 185 cm³/mol. The van der Waals surface area contributed by atoms with E-state index < -0.39 is 5.76 Å². The van der Waals surface area contributed by atoms with Gasteiger partial charge in [0.2, 0.25) is 17.7 Å². The van der Waals surface area contributed by atoms with E-state index in [2.05, 4.69) is 32.3 Å². The van der Waals surface area contributed by atoms with Crippen LogP contribution in [0.15, 0.2) is 82.0 Å². The molecule has 2 aliphatic heterocycles. The summed E-state index contributed by atoms with van der Waals surface area (Å²) in [7, 11) is 1.55.